The van der Waals surface area contributed by atoms with Gasteiger partial charge in [0.2, 0.25) is 0 Å². The van der Waals surface area contributed by atoms with Crippen LogP contribution in [0, 0.1) is 23.2 Å². The van der Waals surface area contributed by atoms with E-state index in [4.69, 9.17) is 4.74 Å². The van der Waals surface area contributed by atoms with Crippen LogP contribution >= 0.6 is 0 Å². The van der Waals surface area contributed by atoms with Gasteiger partial charge in [0.05, 0.1) is 18.6 Å². The van der Waals surface area contributed by atoms with Gasteiger partial charge in [0.15, 0.2) is 0 Å². The van der Waals surface area contributed by atoms with Gasteiger partial charge in [-0.25, -0.2) is 4.79 Å². The van der Waals surface area contributed by atoms with Gasteiger partial charge in [-0.2, -0.15) is 0 Å². The molecule has 4 nitrogen and oxygen atoms in total. The minimum Gasteiger partial charge on any atom is -0.466 e. The quantitative estimate of drug-likeness (QED) is 0.734. The van der Waals surface area contributed by atoms with E-state index in [0.717, 1.165) is 30.7 Å². The van der Waals surface area contributed by atoms with Gasteiger partial charge in [0.25, 0.3) is 0 Å². The maximum Gasteiger partial charge on any atom is 0.335 e. The summed E-state index contributed by atoms with van der Waals surface area (Å²) in [7, 11) is 1.40. The number of hydrogen-bond acceptors (Lipinski definition) is 4. The highest BCUT2D eigenvalue weighted by Gasteiger charge is 2.51. The molecule has 0 aromatic heterocycles. The van der Waals surface area contributed by atoms with Crippen molar-refractivity contribution in [1.29, 1.82) is 0 Å². The van der Waals surface area contributed by atoms with Crippen molar-refractivity contribution in [2.45, 2.75) is 46.5 Å². The lowest BCUT2D eigenvalue weighted by Gasteiger charge is -2.41. The van der Waals surface area contributed by atoms with E-state index in [1.165, 1.54) is 7.11 Å². The van der Waals surface area contributed by atoms with Crippen molar-refractivity contribution in [3.8, 4) is 0 Å². The first-order valence-corrected chi connectivity index (χ1v) is 7.73. The van der Waals surface area contributed by atoms with Crippen LogP contribution in [0.3, 0.4) is 0 Å². The number of esters is 1. The van der Waals surface area contributed by atoms with Crippen LogP contribution in [-0.4, -0.2) is 24.6 Å². The van der Waals surface area contributed by atoms with Crippen molar-refractivity contribution in [3.05, 3.63) is 11.3 Å². The number of ether oxygens (including phenoxy) is 1. The second kappa shape index (κ2) is 4.79. The van der Waals surface area contributed by atoms with E-state index >= 15 is 0 Å². The van der Waals surface area contributed by atoms with E-state index in [1.807, 2.05) is 6.92 Å². The molecule has 2 saturated carbocycles. The Labute approximate surface area is 125 Å². The van der Waals surface area contributed by atoms with E-state index < -0.39 is 0 Å². The number of methoxy groups -OCH3 is 1. The summed E-state index contributed by atoms with van der Waals surface area (Å²) in [5.74, 6) is 0.173. The Morgan fingerprint density at radius 3 is 2.52 bits per heavy atom. The Balaban J connectivity index is 2.07. The van der Waals surface area contributed by atoms with Crippen LogP contribution in [0.5, 0.6) is 0 Å². The number of ketones is 1. The number of aliphatic imine (C=N–C) groups is 1. The summed E-state index contributed by atoms with van der Waals surface area (Å²) in [6.07, 6.45) is 3.61. The molecule has 0 N–H and O–H groups in total. The van der Waals surface area contributed by atoms with Gasteiger partial charge in [0, 0.05) is 23.7 Å². The van der Waals surface area contributed by atoms with Gasteiger partial charge in [-0.3, -0.25) is 9.79 Å². The monoisotopic (exact) mass is 289 g/mol. The minimum atomic E-state index is -0.315. The number of Topliss-reactive ketones (excluding diaryl/α,β-unsaturated/α-hetero) is 1. The van der Waals surface area contributed by atoms with Crippen molar-refractivity contribution < 1.29 is 14.3 Å². The Kier molecular flexibility index (Phi) is 3.30. The molecule has 2 aliphatic carbocycles. The van der Waals surface area contributed by atoms with Crippen LogP contribution in [0.25, 0.3) is 0 Å². The second-order valence-electron chi connectivity index (χ2n) is 7.42. The lowest BCUT2D eigenvalue weighted by Crippen LogP contribution is -2.45. The molecule has 1 aliphatic heterocycles. The third-order valence-corrected chi connectivity index (χ3v) is 4.95. The molecule has 2 fully saturated rings. The van der Waals surface area contributed by atoms with Crippen LogP contribution < -0.4 is 0 Å². The molecule has 114 valence electrons. The highest BCUT2D eigenvalue weighted by Crippen LogP contribution is 2.51. The summed E-state index contributed by atoms with van der Waals surface area (Å²) in [6.45, 7) is 6.10. The topological polar surface area (TPSA) is 55.7 Å². The van der Waals surface area contributed by atoms with Crippen molar-refractivity contribution in [2.75, 3.05) is 7.11 Å². The molecule has 0 bridgehead atoms. The molecule has 0 radical (unpaired) electrons. The number of fused-ring (bicyclic) bond motifs is 1. The zero-order chi connectivity index (χ0) is 15.4. The number of allylic oxidation sites excluding steroid dienone is 1. The third-order valence-electron chi connectivity index (χ3n) is 4.95. The fourth-order valence-electron chi connectivity index (χ4n) is 3.99. The summed E-state index contributed by atoms with van der Waals surface area (Å²) in [5.41, 5.74) is 2.35. The first kappa shape index (κ1) is 14.5. The predicted octanol–water partition coefficient (Wildman–Crippen LogP) is 2.92. The highest BCUT2D eigenvalue weighted by molar-refractivity contribution is 6.11. The molecular weight excluding hydrogens is 266 g/mol. The molecule has 0 aromatic rings. The maximum atomic E-state index is 12.7. The Bertz CT molecular complexity index is 567. The standard InChI is InChI=1S/C17H23NO3/c1-9-13(16(20)21-4)14(10-5-6-10)15-11(18-9)7-17(2,3)8-12(15)19/h10,14-15H,5-8H2,1-4H3. The predicted molar refractivity (Wildman–Crippen MR) is 79.9 cm³/mol. The average Bonchev–Trinajstić information content (AvgIpc) is 3.18. The Morgan fingerprint density at radius 2 is 1.95 bits per heavy atom. The fourth-order valence-corrected chi connectivity index (χ4v) is 3.99. The van der Waals surface area contributed by atoms with Crippen molar-refractivity contribution in [3.63, 3.8) is 0 Å². The summed E-state index contributed by atoms with van der Waals surface area (Å²) in [4.78, 5) is 29.5. The van der Waals surface area contributed by atoms with E-state index in [2.05, 4.69) is 18.8 Å². The molecule has 0 spiro atoms. The van der Waals surface area contributed by atoms with Gasteiger partial charge >= 0.3 is 5.97 Å². The average molecular weight is 289 g/mol. The number of hydrogen-bond donors (Lipinski definition) is 0. The first-order chi connectivity index (χ1) is 9.84. The molecule has 1 heterocycles. The zero-order valence-corrected chi connectivity index (χ0v) is 13.2. The lowest BCUT2D eigenvalue weighted by atomic mass is 9.64. The Morgan fingerprint density at radius 1 is 1.29 bits per heavy atom. The van der Waals surface area contributed by atoms with Crippen LogP contribution in [0.4, 0.5) is 0 Å². The summed E-state index contributed by atoms with van der Waals surface area (Å²) in [5, 5.41) is 0. The number of nitrogens with zero attached hydrogens (tertiary/aromatic N) is 1. The third kappa shape index (κ3) is 2.45. The number of carbonyl (C=O) groups is 2. The number of rotatable bonds is 2. The van der Waals surface area contributed by atoms with E-state index in [0.29, 0.717) is 17.9 Å². The van der Waals surface area contributed by atoms with E-state index in [-0.39, 0.29) is 29.0 Å². The zero-order valence-electron chi connectivity index (χ0n) is 13.2. The molecular formula is C17H23NO3. The van der Waals surface area contributed by atoms with Crippen molar-refractivity contribution in [2.24, 2.45) is 28.2 Å². The van der Waals surface area contributed by atoms with Gasteiger partial charge < -0.3 is 4.74 Å². The van der Waals surface area contributed by atoms with Gasteiger partial charge in [0.1, 0.15) is 5.78 Å². The second-order valence-corrected chi connectivity index (χ2v) is 7.42. The van der Waals surface area contributed by atoms with Gasteiger partial charge in [-0.05, 0) is 37.5 Å². The molecule has 0 aromatic carbocycles. The molecule has 3 aliphatic rings. The molecule has 4 heteroatoms. The SMILES string of the molecule is COC(=O)C1=C(C)N=C2CC(C)(C)CC(=O)C2C1C1CC1. The van der Waals surface area contributed by atoms with E-state index in [9.17, 15) is 9.59 Å². The van der Waals surface area contributed by atoms with Crippen molar-refractivity contribution in [1.82, 2.24) is 0 Å². The lowest BCUT2D eigenvalue weighted by molar-refractivity contribution is -0.137. The normalized spacial score (nSPS) is 31.6. The smallest absolute Gasteiger partial charge is 0.335 e. The van der Waals surface area contributed by atoms with Crippen LogP contribution in [0.1, 0.15) is 46.5 Å². The molecule has 0 saturated heterocycles. The molecule has 2 atom stereocenters. The van der Waals surface area contributed by atoms with Crippen LogP contribution in [-0.2, 0) is 14.3 Å². The summed E-state index contributed by atoms with van der Waals surface area (Å²) >= 11 is 0. The molecule has 3 rings (SSSR count). The molecule has 21 heavy (non-hydrogen) atoms. The summed E-state index contributed by atoms with van der Waals surface area (Å²) < 4.78 is 4.95. The largest absolute Gasteiger partial charge is 0.466 e. The van der Waals surface area contributed by atoms with E-state index in [1.54, 1.807) is 0 Å². The minimum absolute atomic E-state index is 0.00597. The van der Waals surface area contributed by atoms with Gasteiger partial charge in [-0.15, -0.1) is 0 Å². The highest BCUT2D eigenvalue weighted by atomic mass is 16.5. The Hall–Kier alpha value is -1.45. The first-order valence-electron chi connectivity index (χ1n) is 7.73. The van der Waals surface area contributed by atoms with Crippen LogP contribution in [0.15, 0.2) is 16.3 Å². The molecule has 0 amide bonds. The summed E-state index contributed by atoms with van der Waals surface area (Å²) in [6, 6.07) is 0. The maximum absolute atomic E-state index is 12.7. The van der Waals surface area contributed by atoms with Crippen molar-refractivity contribution >= 4 is 17.5 Å². The molecule has 2 unspecified atom stereocenters. The number of carbonyl (C=O) groups excluding carboxylic acids is 2. The van der Waals surface area contributed by atoms with Crippen LogP contribution in [0.2, 0.25) is 0 Å². The fraction of sp³-hybridized carbons (Fsp3) is 0.706. The van der Waals surface area contributed by atoms with Gasteiger partial charge in [-0.1, -0.05) is 13.8 Å².